The van der Waals surface area contributed by atoms with E-state index in [1.54, 1.807) is 6.07 Å². The van der Waals surface area contributed by atoms with Crippen molar-refractivity contribution in [3.63, 3.8) is 0 Å². The fourth-order valence-corrected chi connectivity index (χ4v) is 3.45. The first-order chi connectivity index (χ1) is 14.4. The van der Waals surface area contributed by atoms with Gasteiger partial charge in [-0.1, -0.05) is 64.1 Å². The number of nitrogens with one attached hydrogen (secondary N) is 1. The number of hydrogen-bond acceptors (Lipinski definition) is 4. The van der Waals surface area contributed by atoms with Crippen LogP contribution in [0.2, 0.25) is 0 Å². The van der Waals surface area contributed by atoms with Crippen LogP contribution in [0, 0.1) is 0 Å². The second-order valence-corrected chi connectivity index (χ2v) is 7.55. The monoisotopic (exact) mass is 404 g/mol. The Morgan fingerprint density at radius 1 is 1.00 bits per heavy atom. The van der Waals surface area contributed by atoms with Gasteiger partial charge in [0.05, 0.1) is 11.1 Å². The van der Waals surface area contributed by atoms with Gasteiger partial charge in [-0.05, 0) is 42.0 Å². The van der Waals surface area contributed by atoms with Gasteiger partial charge >= 0.3 is 5.97 Å². The molecule has 1 N–H and O–H groups in total. The van der Waals surface area contributed by atoms with Gasteiger partial charge in [-0.3, -0.25) is 9.78 Å². The molecule has 0 bridgehead atoms. The number of carbonyl (C=O) groups excluding carboxylic acids is 2. The number of esters is 1. The Bertz CT molecular complexity index is 1050. The number of ether oxygens (including phenoxy) is 1. The molecule has 0 atom stereocenters. The molecule has 156 valence electrons. The van der Waals surface area contributed by atoms with Gasteiger partial charge in [0.1, 0.15) is 0 Å². The van der Waals surface area contributed by atoms with E-state index >= 15 is 0 Å². The summed E-state index contributed by atoms with van der Waals surface area (Å²) in [6, 6.07) is 15.2. The van der Waals surface area contributed by atoms with Crippen LogP contribution in [-0.2, 0) is 22.4 Å². The lowest BCUT2D eigenvalue weighted by atomic mass is 10.0. The van der Waals surface area contributed by atoms with E-state index in [9.17, 15) is 9.59 Å². The van der Waals surface area contributed by atoms with E-state index in [1.807, 2.05) is 70.2 Å². The van der Waals surface area contributed by atoms with Gasteiger partial charge in [-0.2, -0.15) is 0 Å². The van der Waals surface area contributed by atoms with Crippen molar-refractivity contribution in [2.75, 3.05) is 11.9 Å². The highest BCUT2D eigenvalue weighted by Crippen LogP contribution is 2.24. The molecule has 0 aliphatic carbocycles. The molecule has 0 saturated carbocycles. The molecule has 0 spiro atoms. The second kappa shape index (κ2) is 9.53. The molecule has 0 fully saturated rings. The Hall–Kier alpha value is -3.21. The minimum absolute atomic E-state index is 0.169. The van der Waals surface area contributed by atoms with Gasteiger partial charge in [0.15, 0.2) is 6.61 Å². The summed E-state index contributed by atoms with van der Waals surface area (Å²) in [6.45, 7) is 7.80. The first-order valence-electron chi connectivity index (χ1n) is 10.4. The molecule has 1 heterocycles. The van der Waals surface area contributed by atoms with Gasteiger partial charge in [0, 0.05) is 16.8 Å². The van der Waals surface area contributed by atoms with Crippen LogP contribution in [-0.4, -0.2) is 23.5 Å². The van der Waals surface area contributed by atoms with E-state index in [0.29, 0.717) is 5.56 Å². The third kappa shape index (κ3) is 4.67. The smallest absolute Gasteiger partial charge is 0.339 e. The van der Waals surface area contributed by atoms with Crippen LogP contribution in [0.5, 0.6) is 0 Å². The summed E-state index contributed by atoms with van der Waals surface area (Å²) < 4.78 is 5.37. The van der Waals surface area contributed by atoms with Gasteiger partial charge in [-0.25, -0.2) is 4.79 Å². The lowest BCUT2D eigenvalue weighted by Crippen LogP contribution is -2.22. The number of carbonyl (C=O) groups is 2. The molecule has 5 nitrogen and oxygen atoms in total. The minimum atomic E-state index is -0.523. The third-order valence-electron chi connectivity index (χ3n) is 5.15. The van der Waals surface area contributed by atoms with Crippen LogP contribution >= 0.6 is 0 Å². The predicted octanol–water partition coefficient (Wildman–Crippen LogP) is 5.28. The maximum absolute atomic E-state index is 12.8. The van der Waals surface area contributed by atoms with Crippen LogP contribution in [0.15, 0.2) is 48.5 Å². The predicted molar refractivity (Wildman–Crippen MR) is 120 cm³/mol. The van der Waals surface area contributed by atoms with E-state index in [1.165, 1.54) is 0 Å². The summed E-state index contributed by atoms with van der Waals surface area (Å²) in [5.74, 6) is -0.700. The Labute approximate surface area is 177 Å². The maximum Gasteiger partial charge on any atom is 0.339 e. The molecule has 1 amide bonds. The van der Waals surface area contributed by atoms with Crippen molar-refractivity contribution in [1.29, 1.82) is 0 Å². The number of hydrogen-bond donors (Lipinski definition) is 1. The molecular weight excluding hydrogens is 376 g/mol. The molecule has 30 heavy (non-hydrogen) atoms. The van der Waals surface area contributed by atoms with Crippen LogP contribution < -0.4 is 5.32 Å². The van der Waals surface area contributed by atoms with E-state index in [-0.39, 0.29) is 18.4 Å². The first kappa shape index (κ1) is 21.5. The molecule has 0 aliphatic heterocycles. The number of anilines is 1. The number of benzene rings is 2. The molecule has 0 unspecified atom stereocenters. The van der Waals surface area contributed by atoms with Crippen molar-refractivity contribution >= 4 is 28.5 Å². The van der Waals surface area contributed by atoms with Crippen molar-refractivity contribution in [2.24, 2.45) is 0 Å². The molecule has 0 saturated heterocycles. The number of fused-ring (bicyclic) bond motifs is 1. The zero-order valence-corrected chi connectivity index (χ0v) is 18.0. The summed E-state index contributed by atoms with van der Waals surface area (Å²) in [4.78, 5) is 29.9. The number of para-hydroxylation sites is 2. The second-order valence-electron chi connectivity index (χ2n) is 7.55. The molecule has 5 heteroatoms. The van der Waals surface area contributed by atoms with Gasteiger partial charge in [0.2, 0.25) is 0 Å². The summed E-state index contributed by atoms with van der Waals surface area (Å²) in [5, 5.41) is 3.65. The lowest BCUT2D eigenvalue weighted by Gasteiger charge is -2.15. The average Bonchev–Trinajstić information content (AvgIpc) is 2.76. The van der Waals surface area contributed by atoms with E-state index < -0.39 is 5.97 Å². The zero-order chi connectivity index (χ0) is 21.7. The van der Waals surface area contributed by atoms with Crippen molar-refractivity contribution in [3.05, 3.63) is 70.9 Å². The van der Waals surface area contributed by atoms with Gasteiger partial charge in [-0.15, -0.1) is 0 Å². The Morgan fingerprint density at radius 3 is 2.30 bits per heavy atom. The van der Waals surface area contributed by atoms with Gasteiger partial charge in [0.25, 0.3) is 5.91 Å². The maximum atomic E-state index is 12.8. The Balaban J connectivity index is 1.77. The molecule has 0 aliphatic rings. The standard InChI is InChI=1S/C25H28N2O3/c1-5-17-10-9-11-18(6-2)24(17)27-23(28)15-30-25(29)20-14-22(16(3)4)26-21-13-8-7-12-19(20)21/h7-14,16H,5-6,15H2,1-4H3,(H,27,28). The van der Waals surface area contributed by atoms with Crippen LogP contribution in [0.1, 0.15) is 60.8 Å². The highest BCUT2D eigenvalue weighted by Gasteiger charge is 2.17. The fourth-order valence-electron chi connectivity index (χ4n) is 3.45. The van der Waals surface area contributed by atoms with E-state index in [0.717, 1.165) is 46.3 Å². The molecule has 3 rings (SSSR count). The number of aryl methyl sites for hydroxylation is 2. The van der Waals surface area contributed by atoms with E-state index in [2.05, 4.69) is 10.3 Å². The SMILES string of the molecule is CCc1cccc(CC)c1NC(=O)COC(=O)c1cc(C(C)C)nc2ccccc12. The largest absolute Gasteiger partial charge is 0.452 e. The fraction of sp³-hybridized carbons (Fsp3) is 0.320. The number of pyridine rings is 1. The minimum Gasteiger partial charge on any atom is -0.452 e. The number of nitrogens with zero attached hydrogens (tertiary/aromatic N) is 1. The Morgan fingerprint density at radius 2 is 1.67 bits per heavy atom. The highest BCUT2D eigenvalue weighted by molar-refractivity contribution is 6.04. The number of rotatable bonds is 7. The molecule has 0 radical (unpaired) electrons. The average molecular weight is 405 g/mol. The molecule has 1 aromatic heterocycles. The first-order valence-corrected chi connectivity index (χ1v) is 10.4. The van der Waals surface area contributed by atoms with Crippen LogP contribution in [0.25, 0.3) is 10.9 Å². The van der Waals surface area contributed by atoms with Crippen molar-refractivity contribution in [2.45, 2.75) is 46.5 Å². The summed E-state index contributed by atoms with van der Waals surface area (Å²) in [7, 11) is 0. The topological polar surface area (TPSA) is 68.3 Å². The summed E-state index contributed by atoms with van der Waals surface area (Å²) in [6.07, 6.45) is 1.62. The number of amides is 1. The van der Waals surface area contributed by atoms with Gasteiger partial charge < -0.3 is 10.1 Å². The van der Waals surface area contributed by atoms with Crippen LogP contribution in [0.4, 0.5) is 5.69 Å². The molecule has 2 aromatic carbocycles. The number of aromatic nitrogens is 1. The third-order valence-corrected chi connectivity index (χ3v) is 5.15. The highest BCUT2D eigenvalue weighted by atomic mass is 16.5. The zero-order valence-electron chi connectivity index (χ0n) is 18.0. The Kier molecular flexibility index (Phi) is 6.83. The van der Waals surface area contributed by atoms with Crippen molar-refractivity contribution in [1.82, 2.24) is 4.98 Å². The lowest BCUT2D eigenvalue weighted by molar-refractivity contribution is -0.119. The van der Waals surface area contributed by atoms with Crippen molar-refractivity contribution in [3.8, 4) is 0 Å². The summed E-state index contributed by atoms with van der Waals surface area (Å²) >= 11 is 0. The van der Waals surface area contributed by atoms with E-state index in [4.69, 9.17) is 4.74 Å². The van der Waals surface area contributed by atoms with Crippen molar-refractivity contribution < 1.29 is 14.3 Å². The normalized spacial score (nSPS) is 11.0. The molecule has 3 aromatic rings. The van der Waals surface area contributed by atoms with Crippen LogP contribution in [0.3, 0.4) is 0 Å². The molecular formula is C25H28N2O3. The summed E-state index contributed by atoms with van der Waals surface area (Å²) in [5.41, 5.74) is 4.94. The quantitative estimate of drug-likeness (QED) is 0.544.